The number of guanidine groups is 1. The first kappa shape index (κ1) is 27.7. The lowest BCUT2D eigenvalue weighted by Gasteiger charge is -2.32. The molecule has 1 fully saturated rings. The molecule has 3 rings (SSSR count). The number of likely N-dealkylation sites (N-methyl/N-ethyl adjacent to an activating group) is 1. The lowest BCUT2D eigenvalue weighted by atomic mass is 10.2. The van der Waals surface area contributed by atoms with Gasteiger partial charge in [-0.2, -0.15) is 12.7 Å². The molecule has 0 bridgehead atoms. The summed E-state index contributed by atoms with van der Waals surface area (Å²) in [6.07, 6.45) is -1.44. The minimum Gasteiger partial charge on any atom is -0.464 e. The summed E-state index contributed by atoms with van der Waals surface area (Å²) in [4.78, 5) is 6.11. The third-order valence-corrected chi connectivity index (χ3v) is 8.75. The van der Waals surface area contributed by atoms with E-state index in [9.17, 15) is 16.8 Å². The standard InChI is InChI=1S/C22H31N5O7S2/c1-17-6-5-7-18(16-17)33-21(10-15-32-25-22(23)24)34-36(30,31)20-9-4-3-8-19(20)35(28,29)27-13-11-26(2)12-14-27/h3-9,16,21H,10-15H2,1-2H3,(H4,23,24,25). The molecule has 0 radical (unpaired) electrons. The lowest BCUT2D eigenvalue weighted by molar-refractivity contribution is -0.0173. The predicted octanol–water partition coefficient (Wildman–Crippen LogP) is 0.637. The molecule has 0 saturated carbocycles. The Morgan fingerprint density at radius 2 is 1.67 bits per heavy atom. The summed E-state index contributed by atoms with van der Waals surface area (Å²) < 4.78 is 65.8. The van der Waals surface area contributed by atoms with Gasteiger partial charge in [0.05, 0.1) is 0 Å². The van der Waals surface area contributed by atoms with Crippen molar-refractivity contribution in [2.24, 2.45) is 16.6 Å². The second-order valence-corrected chi connectivity index (χ2v) is 11.7. The van der Waals surface area contributed by atoms with Crippen LogP contribution in [0.1, 0.15) is 12.0 Å². The van der Waals surface area contributed by atoms with Crippen LogP contribution >= 0.6 is 0 Å². The van der Waals surface area contributed by atoms with Crippen LogP contribution in [0.25, 0.3) is 0 Å². The van der Waals surface area contributed by atoms with Crippen molar-refractivity contribution in [3.63, 3.8) is 0 Å². The number of piperazine rings is 1. The average Bonchev–Trinajstić information content (AvgIpc) is 2.82. The minimum atomic E-state index is -4.59. The molecule has 0 amide bonds. The number of nitrogens with two attached hydrogens (primary N) is 2. The number of nitrogens with zero attached hydrogens (tertiary/aromatic N) is 3. The Kier molecular flexibility index (Phi) is 9.13. The highest BCUT2D eigenvalue weighted by Gasteiger charge is 2.34. The summed E-state index contributed by atoms with van der Waals surface area (Å²) in [5.41, 5.74) is 11.4. The maximum atomic E-state index is 13.3. The van der Waals surface area contributed by atoms with Crippen molar-refractivity contribution in [3.05, 3.63) is 54.1 Å². The molecule has 12 nitrogen and oxygen atoms in total. The topological polar surface area (TPSA) is 167 Å². The molecule has 1 unspecified atom stereocenters. The molecule has 2 aromatic rings. The molecule has 2 aromatic carbocycles. The maximum absolute atomic E-state index is 13.3. The van der Waals surface area contributed by atoms with Crippen LogP contribution in [-0.2, 0) is 29.2 Å². The SMILES string of the molecule is Cc1cccc(OC(CCON=C(N)N)OS(=O)(=O)c2ccccc2S(=O)(=O)N2CCN(C)CC2)c1. The predicted molar refractivity (Wildman–Crippen MR) is 133 cm³/mol. The summed E-state index contributed by atoms with van der Waals surface area (Å²) in [5.74, 6) is 0.0538. The average molecular weight is 542 g/mol. The Labute approximate surface area is 211 Å². The fourth-order valence-electron chi connectivity index (χ4n) is 3.47. The molecule has 0 aliphatic carbocycles. The number of oxime groups is 1. The molecule has 1 aliphatic heterocycles. The number of aryl methyl sites for hydroxylation is 1. The fraction of sp³-hybridized carbons (Fsp3) is 0.409. The second kappa shape index (κ2) is 11.9. The van der Waals surface area contributed by atoms with Crippen LogP contribution < -0.4 is 16.2 Å². The van der Waals surface area contributed by atoms with Gasteiger partial charge in [-0.25, -0.2) is 12.6 Å². The number of rotatable bonds is 11. The Bertz CT molecular complexity index is 1270. The van der Waals surface area contributed by atoms with E-state index in [4.69, 9.17) is 25.2 Å². The third-order valence-electron chi connectivity index (χ3n) is 5.30. The van der Waals surface area contributed by atoms with Gasteiger partial charge >= 0.3 is 10.1 Å². The first-order valence-electron chi connectivity index (χ1n) is 11.1. The highest BCUT2D eigenvalue weighted by Crippen LogP contribution is 2.28. The van der Waals surface area contributed by atoms with Gasteiger partial charge in [-0.1, -0.05) is 24.3 Å². The van der Waals surface area contributed by atoms with Crippen molar-refractivity contribution in [1.29, 1.82) is 0 Å². The van der Waals surface area contributed by atoms with Crippen molar-refractivity contribution < 1.29 is 30.6 Å². The van der Waals surface area contributed by atoms with Gasteiger partial charge in [0, 0.05) is 32.6 Å². The Morgan fingerprint density at radius 1 is 1.00 bits per heavy atom. The lowest BCUT2D eigenvalue weighted by Crippen LogP contribution is -2.47. The molecular weight excluding hydrogens is 510 g/mol. The molecule has 198 valence electrons. The van der Waals surface area contributed by atoms with Crippen molar-refractivity contribution in [2.45, 2.75) is 29.4 Å². The van der Waals surface area contributed by atoms with Gasteiger partial charge in [-0.15, -0.1) is 0 Å². The van der Waals surface area contributed by atoms with Crippen LogP contribution in [0.5, 0.6) is 5.75 Å². The first-order valence-corrected chi connectivity index (χ1v) is 14.0. The van der Waals surface area contributed by atoms with Crippen LogP contribution in [0.15, 0.2) is 63.5 Å². The zero-order valence-electron chi connectivity index (χ0n) is 20.1. The molecule has 1 atom stereocenters. The monoisotopic (exact) mass is 541 g/mol. The van der Waals surface area contributed by atoms with E-state index in [2.05, 4.69) is 5.16 Å². The first-order chi connectivity index (χ1) is 17.0. The number of hydrogen-bond acceptors (Lipinski definition) is 9. The van der Waals surface area contributed by atoms with Gasteiger partial charge in [0.1, 0.15) is 22.1 Å². The fourth-order valence-corrected chi connectivity index (χ4v) is 6.67. The quantitative estimate of drug-likeness (QED) is 0.103. The number of benzene rings is 2. The molecule has 14 heteroatoms. The van der Waals surface area contributed by atoms with Gasteiger partial charge in [-0.05, 0) is 49.0 Å². The van der Waals surface area contributed by atoms with E-state index in [-0.39, 0.29) is 37.0 Å². The third kappa shape index (κ3) is 7.30. The van der Waals surface area contributed by atoms with E-state index in [1.807, 2.05) is 24.9 Å². The van der Waals surface area contributed by atoms with E-state index >= 15 is 0 Å². The largest absolute Gasteiger partial charge is 0.464 e. The maximum Gasteiger partial charge on any atom is 0.301 e. The summed E-state index contributed by atoms with van der Waals surface area (Å²) in [7, 11) is -6.79. The summed E-state index contributed by atoms with van der Waals surface area (Å²) in [6.45, 7) is 3.27. The Balaban J connectivity index is 1.88. The van der Waals surface area contributed by atoms with Crippen molar-refractivity contribution >= 4 is 26.1 Å². The second-order valence-electron chi connectivity index (χ2n) is 8.21. The number of sulfonamides is 1. The Hall–Kier alpha value is -2.91. The van der Waals surface area contributed by atoms with E-state index in [1.165, 1.54) is 28.6 Å². The normalized spacial score (nSPS) is 16.3. The molecule has 1 heterocycles. The summed E-state index contributed by atoms with van der Waals surface area (Å²) in [5, 5.41) is 3.40. The van der Waals surface area contributed by atoms with Gasteiger partial charge in [0.25, 0.3) is 0 Å². The van der Waals surface area contributed by atoms with E-state index in [0.717, 1.165) is 5.56 Å². The van der Waals surface area contributed by atoms with Crippen LogP contribution in [0, 0.1) is 6.92 Å². The van der Waals surface area contributed by atoms with Crippen LogP contribution in [0.4, 0.5) is 0 Å². The molecule has 1 saturated heterocycles. The summed E-state index contributed by atoms with van der Waals surface area (Å²) >= 11 is 0. The van der Waals surface area contributed by atoms with E-state index < -0.39 is 31.3 Å². The van der Waals surface area contributed by atoms with Gasteiger partial charge < -0.3 is 25.9 Å². The van der Waals surface area contributed by atoms with Crippen LogP contribution in [0.3, 0.4) is 0 Å². The van der Waals surface area contributed by atoms with E-state index in [0.29, 0.717) is 18.8 Å². The highest BCUT2D eigenvalue weighted by atomic mass is 32.2. The molecule has 36 heavy (non-hydrogen) atoms. The van der Waals surface area contributed by atoms with Crippen molar-refractivity contribution in [3.8, 4) is 5.75 Å². The van der Waals surface area contributed by atoms with Crippen LogP contribution in [-0.4, -0.2) is 78.1 Å². The molecular formula is C22H31N5O7S2. The van der Waals surface area contributed by atoms with Crippen molar-refractivity contribution in [2.75, 3.05) is 39.8 Å². The molecule has 1 aliphatic rings. The highest BCUT2D eigenvalue weighted by molar-refractivity contribution is 7.91. The number of ether oxygens (including phenoxy) is 1. The van der Waals surface area contributed by atoms with Gasteiger partial charge in [0.2, 0.25) is 22.3 Å². The smallest absolute Gasteiger partial charge is 0.301 e. The van der Waals surface area contributed by atoms with Crippen molar-refractivity contribution in [1.82, 2.24) is 9.21 Å². The van der Waals surface area contributed by atoms with Gasteiger partial charge in [-0.3, -0.25) is 0 Å². The zero-order valence-corrected chi connectivity index (χ0v) is 21.7. The van der Waals surface area contributed by atoms with E-state index in [1.54, 1.807) is 18.2 Å². The summed E-state index contributed by atoms with van der Waals surface area (Å²) in [6, 6.07) is 12.3. The Morgan fingerprint density at radius 3 is 2.31 bits per heavy atom. The van der Waals surface area contributed by atoms with Gasteiger partial charge in [0.15, 0.2) is 0 Å². The minimum absolute atomic E-state index is 0.0860. The zero-order chi connectivity index (χ0) is 26.3. The number of hydrogen-bond donors (Lipinski definition) is 2. The molecule has 4 N–H and O–H groups in total. The van der Waals surface area contributed by atoms with Crippen LogP contribution in [0.2, 0.25) is 0 Å². The molecule has 0 aromatic heterocycles. The molecule has 0 spiro atoms.